The number of benzene rings is 2. The first-order chi connectivity index (χ1) is 13.5. The molecule has 3 rings (SSSR count). The molecule has 1 saturated heterocycles. The van der Waals surface area contributed by atoms with Crippen LogP contribution in [0.2, 0.25) is 5.02 Å². The summed E-state index contributed by atoms with van der Waals surface area (Å²) in [6.45, 7) is 2.05. The lowest BCUT2D eigenvalue weighted by atomic mass is 10.2. The number of aromatic hydroxyl groups is 1. The van der Waals surface area contributed by atoms with Crippen molar-refractivity contribution in [1.29, 1.82) is 0 Å². The van der Waals surface area contributed by atoms with Crippen molar-refractivity contribution in [1.82, 2.24) is 10.6 Å². The third kappa shape index (κ3) is 6.02. The van der Waals surface area contributed by atoms with E-state index in [-0.39, 0.29) is 35.8 Å². The monoisotopic (exact) mass is 534 g/mol. The number of phenolic OH excluding ortho intramolecular Hbond substituents is 1. The Morgan fingerprint density at radius 2 is 2.14 bits per heavy atom. The fraction of sp³-hybridized carbons (Fsp3) is 0.350. The third-order valence-electron chi connectivity index (χ3n) is 4.71. The SMILES string of the molecule is CN=C(NCc1ccc(O)c(F)c1)NC1CCN(c2cc(Cl)ccc2OC)C1.I. The van der Waals surface area contributed by atoms with Gasteiger partial charge in [0, 0.05) is 37.7 Å². The molecular formula is C20H25ClFIN4O2. The molecule has 2 aromatic rings. The second kappa shape index (κ2) is 10.7. The Morgan fingerprint density at radius 1 is 1.34 bits per heavy atom. The van der Waals surface area contributed by atoms with E-state index >= 15 is 0 Å². The molecule has 0 radical (unpaired) electrons. The summed E-state index contributed by atoms with van der Waals surface area (Å²) in [4.78, 5) is 6.47. The van der Waals surface area contributed by atoms with Gasteiger partial charge in [0.25, 0.3) is 0 Å². The molecule has 29 heavy (non-hydrogen) atoms. The highest BCUT2D eigenvalue weighted by atomic mass is 127. The Hall–Kier alpha value is -1.94. The van der Waals surface area contributed by atoms with E-state index in [1.165, 1.54) is 12.1 Å². The summed E-state index contributed by atoms with van der Waals surface area (Å²) in [6, 6.07) is 10.1. The summed E-state index contributed by atoms with van der Waals surface area (Å²) >= 11 is 6.15. The van der Waals surface area contributed by atoms with Crippen LogP contribution in [0.5, 0.6) is 11.5 Å². The fourth-order valence-electron chi connectivity index (χ4n) is 3.24. The second-order valence-corrected chi connectivity index (χ2v) is 7.04. The summed E-state index contributed by atoms with van der Waals surface area (Å²) in [7, 11) is 3.34. The Bertz CT molecular complexity index is 868. The first kappa shape index (κ1) is 23.3. The van der Waals surface area contributed by atoms with Gasteiger partial charge >= 0.3 is 0 Å². The summed E-state index contributed by atoms with van der Waals surface area (Å²) in [5.74, 6) is 0.443. The lowest BCUT2D eigenvalue weighted by Gasteiger charge is -2.22. The van der Waals surface area contributed by atoms with E-state index < -0.39 is 5.82 Å². The summed E-state index contributed by atoms with van der Waals surface area (Å²) < 4.78 is 18.9. The number of methoxy groups -OCH3 is 1. The zero-order valence-corrected chi connectivity index (χ0v) is 19.4. The average Bonchev–Trinajstić information content (AvgIpc) is 3.16. The highest BCUT2D eigenvalue weighted by molar-refractivity contribution is 14.0. The number of rotatable bonds is 5. The van der Waals surface area contributed by atoms with Crippen molar-refractivity contribution in [3.8, 4) is 11.5 Å². The van der Waals surface area contributed by atoms with Crippen molar-refractivity contribution in [2.45, 2.75) is 19.0 Å². The van der Waals surface area contributed by atoms with Gasteiger partial charge in [-0.05, 0) is 42.3 Å². The molecule has 1 unspecified atom stereocenters. The van der Waals surface area contributed by atoms with Gasteiger partial charge in [-0.3, -0.25) is 4.99 Å². The van der Waals surface area contributed by atoms with Crippen molar-refractivity contribution in [3.05, 3.63) is 52.8 Å². The van der Waals surface area contributed by atoms with Crippen LogP contribution >= 0.6 is 35.6 Å². The minimum Gasteiger partial charge on any atom is -0.505 e. The molecule has 1 heterocycles. The van der Waals surface area contributed by atoms with Gasteiger partial charge < -0.3 is 25.4 Å². The Labute approximate surface area is 192 Å². The molecule has 2 aromatic carbocycles. The van der Waals surface area contributed by atoms with Crippen LogP contribution in [0.3, 0.4) is 0 Å². The van der Waals surface area contributed by atoms with Gasteiger partial charge in [-0.15, -0.1) is 24.0 Å². The van der Waals surface area contributed by atoms with E-state index in [0.29, 0.717) is 17.5 Å². The van der Waals surface area contributed by atoms with Gasteiger partial charge in [-0.1, -0.05) is 17.7 Å². The maximum atomic E-state index is 13.5. The summed E-state index contributed by atoms with van der Waals surface area (Å²) in [5.41, 5.74) is 1.69. The van der Waals surface area contributed by atoms with E-state index in [1.54, 1.807) is 20.2 Å². The number of hydrogen-bond acceptors (Lipinski definition) is 4. The minimum absolute atomic E-state index is 0. The van der Waals surface area contributed by atoms with Crippen molar-refractivity contribution in [2.24, 2.45) is 4.99 Å². The summed E-state index contributed by atoms with van der Waals surface area (Å²) in [5, 5.41) is 16.5. The molecule has 1 fully saturated rings. The maximum absolute atomic E-state index is 13.5. The van der Waals surface area contributed by atoms with Crippen molar-refractivity contribution < 1.29 is 14.2 Å². The molecule has 0 aliphatic carbocycles. The van der Waals surface area contributed by atoms with E-state index in [9.17, 15) is 9.50 Å². The van der Waals surface area contributed by atoms with Crippen molar-refractivity contribution >= 4 is 47.2 Å². The van der Waals surface area contributed by atoms with Crippen LogP contribution in [0.15, 0.2) is 41.4 Å². The minimum atomic E-state index is -0.635. The molecule has 9 heteroatoms. The van der Waals surface area contributed by atoms with Crippen molar-refractivity contribution in [2.75, 3.05) is 32.1 Å². The normalized spacial score (nSPS) is 16.3. The first-order valence-corrected chi connectivity index (χ1v) is 9.41. The molecule has 6 nitrogen and oxygen atoms in total. The van der Waals surface area contributed by atoms with Gasteiger partial charge in [-0.25, -0.2) is 4.39 Å². The van der Waals surface area contributed by atoms with E-state index in [1.807, 2.05) is 18.2 Å². The zero-order chi connectivity index (χ0) is 20.1. The van der Waals surface area contributed by atoms with Crippen LogP contribution < -0.4 is 20.3 Å². The summed E-state index contributed by atoms with van der Waals surface area (Å²) in [6.07, 6.45) is 0.935. The zero-order valence-electron chi connectivity index (χ0n) is 16.3. The number of phenols is 1. The van der Waals surface area contributed by atoms with E-state index in [2.05, 4.69) is 20.5 Å². The Kier molecular flexibility index (Phi) is 8.63. The molecule has 158 valence electrons. The molecule has 1 aliphatic heterocycles. The lowest BCUT2D eigenvalue weighted by Crippen LogP contribution is -2.44. The number of guanidine groups is 1. The van der Waals surface area contributed by atoms with Gasteiger partial charge in [0.2, 0.25) is 0 Å². The quantitative estimate of drug-likeness (QED) is 0.310. The van der Waals surface area contributed by atoms with Gasteiger partial charge in [-0.2, -0.15) is 0 Å². The first-order valence-electron chi connectivity index (χ1n) is 9.03. The van der Waals surface area contributed by atoms with Crippen LogP contribution in [0.1, 0.15) is 12.0 Å². The Morgan fingerprint density at radius 3 is 2.83 bits per heavy atom. The smallest absolute Gasteiger partial charge is 0.191 e. The van der Waals surface area contributed by atoms with Crippen LogP contribution in [0.4, 0.5) is 10.1 Å². The lowest BCUT2D eigenvalue weighted by molar-refractivity contribution is 0.415. The largest absolute Gasteiger partial charge is 0.505 e. The molecular weight excluding hydrogens is 510 g/mol. The fourth-order valence-corrected chi connectivity index (χ4v) is 3.41. The van der Waals surface area contributed by atoms with Gasteiger partial charge in [0.05, 0.1) is 12.8 Å². The van der Waals surface area contributed by atoms with Crippen LogP contribution in [-0.2, 0) is 6.54 Å². The third-order valence-corrected chi connectivity index (χ3v) is 4.94. The highest BCUT2D eigenvalue weighted by Crippen LogP contribution is 2.33. The van der Waals surface area contributed by atoms with Gasteiger partial charge in [0.15, 0.2) is 17.5 Å². The van der Waals surface area contributed by atoms with Crippen LogP contribution in [-0.4, -0.2) is 44.4 Å². The maximum Gasteiger partial charge on any atom is 0.191 e. The van der Waals surface area contributed by atoms with E-state index in [0.717, 1.165) is 36.5 Å². The number of nitrogens with one attached hydrogen (secondary N) is 2. The topological polar surface area (TPSA) is 69.1 Å². The van der Waals surface area contributed by atoms with Crippen LogP contribution in [0.25, 0.3) is 0 Å². The average molecular weight is 535 g/mol. The van der Waals surface area contributed by atoms with Crippen LogP contribution in [0, 0.1) is 5.82 Å². The number of anilines is 1. The number of aliphatic imine (C=N–C) groups is 1. The molecule has 0 bridgehead atoms. The number of nitrogens with zero attached hydrogens (tertiary/aromatic N) is 2. The number of ether oxygens (including phenoxy) is 1. The Balaban J connectivity index is 0.00000300. The molecule has 1 aliphatic rings. The molecule has 0 amide bonds. The molecule has 0 aromatic heterocycles. The molecule has 3 N–H and O–H groups in total. The molecule has 1 atom stereocenters. The molecule has 0 spiro atoms. The number of halogens is 3. The number of hydrogen-bond donors (Lipinski definition) is 3. The van der Waals surface area contributed by atoms with Crippen molar-refractivity contribution in [3.63, 3.8) is 0 Å². The predicted octanol–water partition coefficient (Wildman–Crippen LogP) is 3.76. The molecule has 0 saturated carbocycles. The highest BCUT2D eigenvalue weighted by Gasteiger charge is 2.25. The predicted molar refractivity (Wildman–Crippen MR) is 125 cm³/mol. The second-order valence-electron chi connectivity index (χ2n) is 6.60. The van der Waals surface area contributed by atoms with Gasteiger partial charge in [0.1, 0.15) is 5.75 Å². The van der Waals surface area contributed by atoms with E-state index in [4.69, 9.17) is 16.3 Å². The standard InChI is InChI=1S/C20H24ClFN4O2.HI/c1-23-20(24-11-13-3-5-18(27)16(22)9-13)25-15-7-8-26(12-15)17-10-14(21)4-6-19(17)28-2;/h3-6,9-10,15,27H,7-8,11-12H2,1-2H3,(H2,23,24,25);1H.